The van der Waals surface area contributed by atoms with E-state index in [1.165, 1.54) is 11.4 Å². The molecule has 6 rings (SSSR count). The lowest BCUT2D eigenvalue weighted by Crippen LogP contribution is -2.26. The maximum atomic E-state index is 15.7. The topological polar surface area (TPSA) is 98.6 Å². The van der Waals surface area contributed by atoms with Crippen molar-refractivity contribution >= 4 is 55.0 Å². The summed E-state index contributed by atoms with van der Waals surface area (Å²) in [6.45, 7) is 0.607. The lowest BCUT2D eigenvalue weighted by Gasteiger charge is -2.24. The number of fused-ring (bicyclic) bond motifs is 1. The first-order valence-corrected chi connectivity index (χ1v) is 18.7. The molecular formula is C35H34F4IN5O4S. The van der Waals surface area contributed by atoms with E-state index in [4.69, 9.17) is 19.6 Å². The van der Waals surface area contributed by atoms with Gasteiger partial charge in [-0.1, -0.05) is 48.5 Å². The van der Waals surface area contributed by atoms with Crippen molar-refractivity contribution < 1.29 is 35.5 Å². The van der Waals surface area contributed by atoms with Crippen LogP contribution in [-0.2, 0) is 34.3 Å². The molecule has 0 aliphatic carbocycles. The van der Waals surface area contributed by atoms with Crippen LogP contribution < -0.4 is 14.4 Å². The van der Waals surface area contributed by atoms with E-state index in [9.17, 15) is 21.6 Å². The quantitative estimate of drug-likeness (QED) is 0.106. The Morgan fingerprint density at radius 1 is 1.06 bits per heavy atom. The molecule has 0 amide bonds. The number of hydrogen-bond acceptors (Lipinski definition) is 7. The van der Waals surface area contributed by atoms with Crippen molar-refractivity contribution in [2.45, 2.75) is 51.2 Å². The summed E-state index contributed by atoms with van der Waals surface area (Å²) in [6.07, 6.45) is -2.79. The number of nitrogens with one attached hydrogen (secondary N) is 1. The van der Waals surface area contributed by atoms with E-state index < -0.39 is 34.7 Å². The van der Waals surface area contributed by atoms with Crippen molar-refractivity contribution in [2.24, 2.45) is 0 Å². The lowest BCUT2D eigenvalue weighted by molar-refractivity contribution is -0.127. The highest BCUT2D eigenvalue weighted by Crippen LogP contribution is 2.39. The maximum absolute atomic E-state index is 15.7. The van der Waals surface area contributed by atoms with Gasteiger partial charge >= 0.3 is 6.18 Å². The third-order valence-electron chi connectivity index (χ3n) is 8.41. The number of rotatable bonds is 11. The predicted molar refractivity (Wildman–Crippen MR) is 192 cm³/mol. The molecule has 1 atom stereocenters. The van der Waals surface area contributed by atoms with E-state index in [0.717, 1.165) is 36.8 Å². The fraction of sp³-hybridized carbons (Fsp3) is 0.314. The first-order chi connectivity index (χ1) is 23.8. The SMILES string of the molecule is CN(c1ccccc1CNc1nc(-c2cc(F)c(OCc3ccccc3)cc2CC(F)(F)F)cc2c1c(I)nn2C1CCCCO1)S(C)(=O)=O. The normalized spacial score (nSPS) is 15.3. The molecule has 3 heterocycles. The summed E-state index contributed by atoms with van der Waals surface area (Å²) in [4.78, 5) is 4.77. The zero-order valence-corrected chi connectivity index (χ0v) is 30.1. The molecule has 2 aromatic heterocycles. The Hall–Kier alpha value is -3.96. The molecular weight excluding hydrogens is 789 g/mol. The van der Waals surface area contributed by atoms with Gasteiger partial charge in [-0.05, 0) is 82.8 Å². The van der Waals surface area contributed by atoms with Crippen LogP contribution in [0.4, 0.5) is 29.1 Å². The van der Waals surface area contributed by atoms with Crippen LogP contribution in [0.3, 0.4) is 0 Å². The van der Waals surface area contributed by atoms with Crippen LogP contribution in [0, 0.1) is 9.52 Å². The van der Waals surface area contributed by atoms with Crippen molar-refractivity contribution in [3.8, 4) is 17.0 Å². The third kappa shape index (κ3) is 8.15. The maximum Gasteiger partial charge on any atom is 0.393 e. The molecule has 1 unspecified atom stereocenters. The summed E-state index contributed by atoms with van der Waals surface area (Å²) < 4.78 is 97.6. The summed E-state index contributed by atoms with van der Waals surface area (Å²) in [7, 11) is -2.13. The summed E-state index contributed by atoms with van der Waals surface area (Å²) in [5.41, 5.74) is 2.16. The Morgan fingerprint density at radius 3 is 2.50 bits per heavy atom. The Kier molecular flexibility index (Phi) is 10.6. The van der Waals surface area contributed by atoms with Gasteiger partial charge in [-0.15, -0.1) is 0 Å². The molecule has 0 spiro atoms. The highest BCUT2D eigenvalue weighted by molar-refractivity contribution is 14.1. The number of ether oxygens (including phenoxy) is 2. The highest BCUT2D eigenvalue weighted by atomic mass is 127. The molecule has 0 saturated carbocycles. The monoisotopic (exact) mass is 823 g/mol. The molecule has 5 aromatic rings. The number of alkyl halides is 3. The standard InChI is InChI=1S/C35H34F4IN5O4S/c1-44(50(2,46)47)28-13-7-6-12-23(28)20-41-34-32-29(45(43-33(32)40)31-14-8-9-15-48-31)18-27(42-34)25-17-26(36)30(16-24(25)19-35(37,38)39)49-21-22-10-4-3-5-11-22/h3-7,10-13,16-18,31H,8-9,14-15,19-21H2,1-2H3,(H,41,42). The minimum Gasteiger partial charge on any atom is -0.486 e. The number of nitrogens with zero attached hydrogens (tertiary/aromatic N) is 4. The van der Waals surface area contributed by atoms with Crippen molar-refractivity contribution in [3.63, 3.8) is 0 Å². The van der Waals surface area contributed by atoms with Gasteiger partial charge in [0.2, 0.25) is 10.0 Å². The van der Waals surface area contributed by atoms with Crippen molar-refractivity contribution in [1.82, 2.24) is 14.8 Å². The van der Waals surface area contributed by atoms with Crippen LogP contribution in [0.1, 0.15) is 42.2 Å². The summed E-state index contributed by atoms with van der Waals surface area (Å²) in [5, 5.41) is 8.62. The minimum absolute atomic E-state index is 0.0319. The molecule has 1 N–H and O–H groups in total. The molecule has 9 nitrogen and oxygen atoms in total. The largest absolute Gasteiger partial charge is 0.486 e. The van der Waals surface area contributed by atoms with Crippen molar-refractivity contribution in [2.75, 3.05) is 29.5 Å². The zero-order valence-electron chi connectivity index (χ0n) is 27.2. The fourth-order valence-electron chi connectivity index (χ4n) is 5.88. The van der Waals surface area contributed by atoms with Gasteiger partial charge in [0, 0.05) is 25.8 Å². The Balaban J connectivity index is 1.47. The fourth-order valence-corrected chi connectivity index (χ4v) is 7.18. The average Bonchev–Trinajstić information content (AvgIpc) is 3.43. The molecule has 1 aliphatic heterocycles. The molecule has 0 bridgehead atoms. The summed E-state index contributed by atoms with van der Waals surface area (Å²) >= 11 is 2.08. The Bertz CT molecular complexity index is 2110. The summed E-state index contributed by atoms with van der Waals surface area (Å²) in [6, 6.07) is 19.6. The van der Waals surface area contributed by atoms with Gasteiger partial charge < -0.3 is 14.8 Å². The molecule has 1 fully saturated rings. The second kappa shape index (κ2) is 14.7. The second-order valence-electron chi connectivity index (χ2n) is 12.0. The number of aromatic nitrogens is 3. The molecule has 3 aromatic carbocycles. The van der Waals surface area contributed by atoms with E-state index in [-0.39, 0.29) is 41.5 Å². The van der Waals surface area contributed by atoms with E-state index in [2.05, 4.69) is 27.9 Å². The van der Waals surface area contributed by atoms with Gasteiger partial charge in [0.15, 0.2) is 17.8 Å². The Labute approximate surface area is 300 Å². The van der Waals surface area contributed by atoms with Gasteiger partial charge in [0.1, 0.15) is 16.1 Å². The number of benzene rings is 3. The number of pyridine rings is 1. The van der Waals surface area contributed by atoms with Gasteiger partial charge in [-0.2, -0.15) is 18.3 Å². The van der Waals surface area contributed by atoms with Gasteiger partial charge in [-0.25, -0.2) is 22.5 Å². The van der Waals surface area contributed by atoms with Crippen LogP contribution >= 0.6 is 22.6 Å². The molecule has 1 aliphatic rings. The van der Waals surface area contributed by atoms with E-state index >= 15 is 4.39 Å². The van der Waals surface area contributed by atoms with Gasteiger partial charge in [0.05, 0.1) is 35.0 Å². The Morgan fingerprint density at radius 2 is 1.80 bits per heavy atom. The first kappa shape index (κ1) is 35.9. The second-order valence-corrected chi connectivity index (χ2v) is 15.1. The molecule has 0 radical (unpaired) electrons. The van der Waals surface area contributed by atoms with Crippen LogP contribution in [0.15, 0.2) is 72.8 Å². The zero-order chi connectivity index (χ0) is 35.6. The van der Waals surface area contributed by atoms with Crippen LogP contribution in [0.5, 0.6) is 5.75 Å². The number of anilines is 2. The lowest BCUT2D eigenvalue weighted by atomic mass is 9.99. The van der Waals surface area contributed by atoms with Crippen molar-refractivity contribution in [3.05, 3.63) is 99.0 Å². The number of sulfonamides is 1. The average molecular weight is 824 g/mol. The third-order valence-corrected chi connectivity index (χ3v) is 10.4. The molecule has 264 valence electrons. The van der Waals surface area contributed by atoms with Crippen LogP contribution in [-0.4, -0.2) is 49.3 Å². The molecule has 1 saturated heterocycles. The first-order valence-electron chi connectivity index (χ1n) is 15.8. The van der Waals surface area contributed by atoms with Gasteiger partial charge in [-0.3, -0.25) is 4.31 Å². The van der Waals surface area contributed by atoms with Crippen LogP contribution in [0.2, 0.25) is 0 Å². The van der Waals surface area contributed by atoms with Crippen molar-refractivity contribution in [1.29, 1.82) is 0 Å². The molecule has 50 heavy (non-hydrogen) atoms. The smallest absolute Gasteiger partial charge is 0.393 e. The van der Waals surface area contributed by atoms with Crippen LogP contribution in [0.25, 0.3) is 22.2 Å². The molecule has 15 heteroatoms. The summed E-state index contributed by atoms with van der Waals surface area (Å²) in [5.74, 6) is -0.865. The number of halogens is 5. The minimum atomic E-state index is -4.61. The van der Waals surface area contributed by atoms with E-state index in [1.54, 1.807) is 59.3 Å². The number of hydrogen-bond donors (Lipinski definition) is 1. The van der Waals surface area contributed by atoms with E-state index in [0.29, 0.717) is 38.9 Å². The predicted octanol–water partition coefficient (Wildman–Crippen LogP) is 8.23. The van der Waals surface area contributed by atoms with Gasteiger partial charge in [0.25, 0.3) is 0 Å². The highest BCUT2D eigenvalue weighted by Gasteiger charge is 2.31. The number of para-hydroxylation sites is 1. The van der Waals surface area contributed by atoms with E-state index in [1.807, 2.05) is 6.07 Å².